The van der Waals surface area contributed by atoms with Crippen LogP contribution < -0.4 is 10.6 Å². The first-order chi connectivity index (χ1) is 9.42. The summed E-state index contributed by atoms with van der Waals surface area (Å²) in [5, 5.41) is 14.0. The normalized spacial score (nSPS) is 11.8. The van der Waals surface area contributed by atoms with E-state index in [0.717, 1.165) is 10.0 Å². The van der Waals surface area contributed by atoms with Crippen molar-refractivity contribution in [2.75, 3.05) is 19.0 Å². The molecule has 0 saturated carbocycles. The van der Waals surface area contributed by atoms with Gasteiger partial charge in [0.25, 0.3) is 0 Å². The van der Waals surface area contributed by atoms with Crippen LogP contribution in [0, 0.1) is 6.92 Å². The summed E-state index contributed by atoms with van der Waals surface area (Å²) in [6.45, 7) is 2.01. The second-order valence-electron chi connectivity index (χ2n) is 4.25. The minimum atomic E-state index is -0.970. The van der Waals surface area contributed by atoms with E-state index in [9.17, 15) is 9.59 Å². The monoisotopic (exact) mass is 344 g/mol. The number of carboxylic acids is 1. The van der Waals surface area contributed by atoms with Crippen molar-refractivity contribution in [1.82, 2.24) is 5.32 Å². The first-order valence-electron chi connectivity index (χ1n) is 5.98. The molecule has 0 heterocycles. The van der Waals surface area contributed by atoms with Crippen molar-refractivity contribution in [1.29, 1.82) is 0 Å². The Bertz CT molecular complexity index is 493. The van der Waals surface area contributed by atoms with Crippen LogP contribution in [-0.2, 0) is 9.53 Å². The molecule has 110 valence electrons. The largest absolute Gasteiger partial charge is 0.481 e. The number of amides is 2. The zero-order valence-corrected chi connectivity index (χ0v) is 12.9. The summed E-state index contributed by atoms with van der Waals surface area (Å²) < 4.78 is 5.83. The zero-order valence-electron chi connectivity index (χ0n) is 11.3. The highest BCUT2D eigenvalue weighted by Crippen LogP contribution is 2.20. The Morgan fingerprint density at radius 1 is 1.45 bits per heavy atom. The van der Waals surface area contributed by atoms with Crippen LogP contribution in [-0.4, -0.2) is 36.9 Å². The van der Waals surface area contributed by atoms with E-state index < -0.39 is 18.1 Å². The number of hydrogen-bond acceptors (Lipinski definition) is 3. The molecule has 0 saturated heterocycles. The number of aryl methyl sites for hydroxylation is 1. The third kappa shape index (κ3) is 5.58. The first kappa shape index (κ1) is 16.5. The first-order valence-corrected chi connectivity index (χ1v) is 6.77. The van der Waals surface area contributed by atoms with Gasteiger partial charge in [0, 0.05) is 23.8 Å². The predicted molar refractivity (Wildman–Crippen MR) is 79.0 cm³/mol. The lowest BCUT2D eigenvalue weighted by molar-refractivity contribution is -0.139. The fourth-order valence-corrected chi connectivity index (χ4v) is 1.90. The van der Waals surface area contributed by atoms with Crippen LogP contribution in [0.25, 0.3) is 0 Å². The summed E-state index contributed by atoms with van der Waals surface area (Å²) in [5.74, 6) is -0.970. The van der Waals surface area contributed by atoms with Gasteiger partial charge in [-0.15, -0.1) is 0 Å². The van der Waals surface area contributed by atoms with E-state index in [1.807, 2.05) is 19.1 Å². The molecule has 2 amide bonds. The molecule has 20 heavy (non-hydrogen) atoms. The lowest BCUT2D eigenvalue weighted by Crippen LogP contribution is -2.37. The minimum Gasteiger partial charge on any atom is -0.481 e. The topological polar surface area (TPSA) is 87.7 Å². The number of carbonyl (C=O) groups excluding carboxylic acids is 1. The summed E-state index contributed by atoms with van der Waals surface area (Å²) in [4.78, 5) is 22.3. The molecule has 0 bridgehead atoms. The molecular weight excluding hydrogens is 328 g/mol. The second kappa shape index (κ2) is 7.86. The van der Waals surface area contributed by atoms with E-state index in [1.165, 1.54) is 7.11 Å². The van der Waals surface area contributed by atoms with E-state index in [1.54, 1.807) is 6.07 Å². The average molecular weight is 345 g/mol. The average Bonchev–Trinajstić information content (AvgIpc) is 2.38. The van der Waals surface area contributed by atoms with Crippen molar-refractivity contribution < 1.29 is 19.4 Å². The Hall–Kier alpha value is -1.60. The van der Waals surface area contributed by atoms with Crippen molar-refractivity contribution in [2.24, 2.45) is 0 Å². The summed E-state index contributed by atoms with van der Waals surface area (Å²) >= 11 is 3.33. The van der Waals surface area contributed by atoms with E-state index in [-0.39, 0.29) is 13.0 Å². The molecule has 0 aromatic heterocycles. The number of methoxy groups -OCH3 is 1. The minimum absolute atomic E-state index is 0.127. The van der Waals surface area contributed by atoms with Gasteiger partial charge in [-0.2, -0.15) is 0 Å². The molecular formula is C13H17BrN2O4. The van der Waals surface area contributed by atoms with Crippen LogP contribution in [0.1, 0.15) is 12.0 Å². The molecule has 1 aromatic carbocycles. The summed E-state index contributed by atoms with van der Waals surface area (Å²) in [5.41, 5.74) is 1.61. The number of nitrogens with one attached hydrogen (secondary N) is 2. The third-order valence-corrected chi connectivity index (χ3v) is 3.17. The maximum Gasteiger partial charge on any atom is 0.319 e. The molecule has 0 aliphatic heterocycles. The highest BCUT2D eigenvalue weighted by Gasteiger charge is 2.13. The Labute approximate surface area is 125 Å². The smallest absolute Gasteiger partial charge is 0.319 e. The molecule has 0 aliphatic carbocycles. The summed E-state index contributed by atoms with van der Waals surface area (Å²) in [6.07, 6.45) is -0.714. The molecule has 0 fully saturated rings. The van der Waals surface area contributed by atoms with Crippen molar-refractivity contribution in [3.8, 4) is 0 Å². The molecule has 0 aliphatic rings. The van der Waals surface area contributed by atoms with E-state index in [4.69, 9.17) is 9.84 Å². The standard InChI is InChI=1S/C13H17BrN2O4/c1-8-3-4-9(14)5-11(8)16-13(19)15-7-10(20-2)6-12(17)18/h3-5,10H,6-7H2,1-2H3,(H,17,18)(H2,15,16,19). The molecule has 3 N–H and O–H groups in total. The zero-order chi connectivity index (χ0) is 15.1. The van der Waals surface area contributed by atoms with E-state index in [0.29, 0.717) is 5.69 Å². The van der Waals surface area contributed by atoms with Crippen molar-refractivity contribution >= 4 is 33.6 Å². The van der Waals surface area contributed by atoms with Gasteiger partial charge >= 0.3 is 12.0 Å². The molecule has 0 spiro atoms. The highest BCUT2D eigenvalue weighted by molar-refractivity contribution is 9.10. The summed E-state index contributed by atoms with van der Waals surface area (Å²) in [6, 6.07) is 5.15. The molecule has 7 heteroatoms. The number of aliphatic carboxylic acids is 1. The second-order valence-corrected chi connectivity index (χ2v) is 5.17. The fraction of sp³-hybridized carbons (Fsp3) is 0.385. The lowest BCUT2D eigenvalue weighted by atomic mass is 10.2. The predicted octanol–water partition coefficient (Wildman–Crippen LogP) is 2.37. The Morgan fingerprint density at radius 2 is 2.15 bits per heavy atom. The lowest BCUT2D eigenvalue weighted by Gasteiger charge is -2.15. The van der Waals surface area contributed by atoms with Gasteiger partial charge < -0.3 is 20.5 Å². The van der Waals surface area contributed by atoms with Gasteiger partial charge in [0.05, 0.1) is 12.5 Å². The SMILES string of the molecule is COC(CNC(=O)Nc1cc(Br)ccc1C)CC(=O)O. The number of hydrogen-bond donors (Lipinski definition) is 3. The summed E-state index contributed by atoms with van der Waals surface area (Å²) in [7, 11) is 1.41. The number of ether oxygens (including phenoxy) is 1. The molecule has 1 atom stereocenters. The van der Waals surface area contributed by atoms with Gasteiger partial charge in [0.2, 0.25) is 0 Å². The third-order valence-electron chi connectivity index (χ3n) is 2.67. The number of rotatable bonds is 6. The van der Waals surface area contributed by atoms with Gasteiger partial charge in [0.1, 0.15) is 0 Å². The van der Waals surface area contributed by atoms with Crippen molar-refractivity contribution in [3.63, 3.8) is 0 Å². The number of carbonyl (C=O) groups is 2. The number of benzene rings is 1. The molecule has 1 aromatic rings. The van der Waals surface area contributed by atoms with Gasteiger partial charge in [-0.05, 0) is 24.6 Å². The van der Waals surface area contributed by atoms with Gasteiger partial charge in [-0.3, -0.25) is 4.79 Å². The number of anilines is 1. The van der Waals surface area contributed by atoms with Gasteiger partial charge in [-0.1, -0.05) is 22.0 Å². The molecule has 1 rings (SSSR count). The van der Waals surface area contributed by atoms with E-state index >= 15 is 0 Å². The van der Waals surface area contributed by atoms with Crippen molar-refractivity contribution in [2.45, 2.75) is 19.4 Å². The Balaban J connectivity index is 2.51. The van der Waals surface area contributed by atoms with Crippen LogP contribution in [0.3, 0.4) is 0 Å². The maximum atomic E-state index is 11.7. The van der Waals surface area contributed by atoms with Crippen LogP contribution in [0.4, 0.5) is 10.5 Å². The van der Waals surface area contributed by atoms with Crippen molar-refractivity contribution in [3.05, 3.63) is 28.2 Å². The van der Waals surface area contributed by atoms with Crippen LogP contribution in [0.2, 0.25) is 0 Å². The molecule has 1 unspecified atom stereocenters. The number of carboxylic acid groups (broad SMARTS) is 1. The number of urea groups is 1. The Morgan fingerprint density at radius 3 is 2.75 bits per heavy atom. The van der Waals surface area contributed by atoms with Crippen LogP contribution >= 0.6 is 15.9 Å². The quantitative estimate of drug-likeness (QED) is 0.739. The molecule has 0 radical (unpaired) electrons. The Kier molecular flexibility index (Phi) is 6.47. The van der Waals surface area contributed by atoms with Gasteiger partial charge in [-0.25, -0.2) is 4.79 Å². The van der Waals surface area contributed by atoms with Crippen LogP contribution in [0.15, 0.2) is 22.7 Å². The number of halogens is 1. The highest BCUT2D eigenvalue weighted by atomic mass is 79.9. The fourth-order valence-electron chi connectivity index (χ4n) is 1.54. The van der Waals surface area contributed by atoms with E-state index in [2.05, 4.69) is 26.6 Å². The maximum absolute atomic E-state index is 11.7. The van der Waals surface area contributed by atoms with Crippen LogP contribution in [0.5, 0.6) is 0 Å². The molecule has 6 nitrogen and oxygen atoms in total. The van der Waals surface area contributed by atoms with Gasteiger partial charge in [0.15, 0.2) is 0 Å².